The summed E-state index contributed by atoms with van der Waals surface area (Å²) in [5.74, 6) is 1.62. The van der Waals surface area contributed by atoms with Crippen molar-refractivity contribution in [1.82, 2.24) is 0 Å². The highest BCUT2D eigenvalue weighted by Crippen LogP contribution is 2.17. The zero-order valence-electron chi connectivity index (χ0n) is 9.09. The molecule has 0 radical (unpaired) electrons. The smallest absolute Gasteiger partial charge is 0.144 e. The maximum atomic E-state index is 5.24. The van der Waals surface area contributed by atoms with E-state index in [4.69, 9.17) is 9.15 Å². The van der Waals surface area contributed by atoms with E-state index in [2.05, 4.69) is 4.99 Å². The second kappa shape index (κ2) is 5.16. The van der Waals surface area contributed by atoms with Crippen LogP contribution in [-0.4, -0.2) is 13.3 Å². The van der Waals surface area contributed by atoms with Gasteiger partial charge < -0.3 is 9.15 Å². The first kappa shape index (κ1) is 10.5. The fraction of sp³-hybridized carbons (Fsp3) is 0.154. The highest BCUT2D eigenvalue weighted by atomic mass is 16.5. The van der Waals surface area contributed by atoms with Crippen molar-refractivity contribution in [3.8, 4) is 5.75 Å². The number of nitrogens with zero attached hydrogens (tertiary/aromatic N) is 1. The lowest BCUT2D eigenvalue weighted by atomic mass is 10.2. The van der Waals surface area contributed by atoms with Crippen LogP contribution in [0, 0.1) is 0 Å². The minimum absolute atomic E-state index is 0.588. The average molecular weight is 215 g/mol. The topological polar surface area (TPSA) is 34.7 Å². The van der Waals surface area contributed by atoms with E-state index in [0.717, 1.165) is 17.1 Å². The van der Waals surface area contributed by atoms with Crippen molar-refractivity contribution in [2.45, 2.75) is 6.54 Å². The van der Waals surface area contributed by atoms with Gasteiger partial charge in [0, 0.05) is 5.56 Å². The van der Waals surface area contributed by atoms with E-state index in [9.17, 15) is 0 Å². The third-order valence-corrected chi connectivity index (χ3v) is 2.22. The number of hydrogen-bond acceptors (Lipinski definition) is 3. The molecule has 0 saturated carbocycles. The monoisotopic (exact) mass is 215 g/mol. The summed E-state index contributed by atoms with van der Waals surface area (Å²) in [6, 6.07) is 11.5. The Morgan fingerprint density at radius 3 is 2.88 bits per heavy atom. The summed E-state index contributed by atoms with van der Waals surface area (Å²) < 4.78 is 10.4. The first-order valence-corrected chi connectivity index (χ1v) is 5.05. The van der Waals surface area contributed by atoms with Crippen molar-refractivity contribution >= 4 is 6.21 Å². The predicted molar refractivity (Wildman–Crippen MR) is 63.0 cm³/mol. The Morgan fingerprint density at radius 2 is 2.12 bits per heavy atom. The summed E-state index contributed by atoms with van der Waals surface area (Å²) in [7, 11) is 1.66. The highest BCUT2D eigenvalue weighted by molar-refractivity contribution is 5.75. The van der Waals surface area contributed by atoms with Gasteiger partial charge in [-0.15, -0.1) is 0 Å². The Hall–Kier alpha value is -2.03. The van der Waals surface area contributed by atoms with Gasteiger partial charge in [-0.25, -0.2) is 0 Å². The standard InChI is InChI=1S/C13H13NO2/c1-15-13-7-3-2-5-11(13)9-14-10-12-6-4-8-16-12/h2-8,10H,9H2,1H3. The molecule has 82 valence electrons. The fourth-order valence-corrected chi connectivity index (χ4v) is 1.43. The summed E-state index contributed by atoms with van der Waals surface area (Å²) in [6.45, 7) is 0.588. The molecule has 0 atom stereocenters. The van der Waals surface area contributed by atoms with Crippen LogP contribution in [0.25, 0.3) is 0 Å². The fourth-order valence-electron chi connectivity index (χ4n) is 1.43. The Labute approximate surface area is 94.4 Å². The summed E-state index contributed by atoms with van der Waals surface area (Å²) >= 11 is 0. The molecule has 3 nitrogen and oxygen atoms in total. The Bertz CT molecular complexity index is 461. The lowest BCUT2D eigenvalue weighted by Crippen LogP contribution is -1.90. The molecule has 3 heteroatoms. The van der Waals surface area contributed by atoms with E-state index in [1.165, 1.54) is 0 Å². The molecule has 0 aliphatic rings. The molecule has 1 aromatic heterocycles. The van der Waals surface area contributed by atoms with E-state index < -0.39 is 0 Å². The molecule has 0 aliphatic carbocycles. The molecule has 16 heavy (non-hydrogen) atoms. The quantitative estimate of drug-likeness (QED) is 0.735. The van der Waals surface area contributed by atoms with Crippen LogP contribution >= 0.6 is 0 Å². The van der Waals surface area contributed by atoms with Crippen LogP contribution in [0.15, 0.2) is 52.1 Å². The first-order valence-electron chi connectivity index (χ1n) is 5.05. The molecule has 0 amide bonds. The predicted octanol–water partition coefficient (Wildman–Crippen LogP) is 2.91. The number of ether oxygens (including phenoxy) is 1. The summed E-state index contributed by atoms with van der Waals surface area (Å²) in [5, 5.41) is 0. The van der Waals surface area contributed by atoms with Gasteiger partial charge in [0.25, 0.3) is 0 Å². The van der Waals surface area contributed by atoms with E-state index in [0.29, 0.717) is 6.54 Å². The maximum absolute atomic E-state index is 5.24. The second-order valence-electron chi connectivity index (χ2n) is 3.30. The van der Waals surface area contributed by atoms with Crippen LogP contribution in [0.3, 0.4) is 0 Å². The van der Waals surface area contributed by atoms with Crippen LogP contribution in [0.4, 0.5) is 0 Å². The lowest BCUT2D eigenvalue weighted by molar-refractivity contribution is 0.410. The molecule has 0 bridgehead atoms. The van der Waals surface area contributed by atoms with Crippen LogP contribution < -0.4 is 4.74 Å². The largest absolute Gasteiger partial charge is 0.496 e. The van der Waals surface area contributed by atoms with Crippen LogP contribution in [0.1, 0.15) is 11.3 Å². The van der Waals surface area contributed by atoms with Gasteiger partial charge >= 0.3 is 0 Å². The third kappa shape index (κ3) is 2.51. The van der Waals surface area contributed by atoms with Crippen molar-refractivity contribution in [3.05, 3.63) is 54.0 Å². The molecular formula is C13H13NO2. The third-order valence-electron chi connectivity index (χ3n) is 2.22. The van der Waals surface area contributed by atoms with Crippen molar-refractivity contribution in [2.24, 2.45) is 4.99 Å². The van der Waals surface area contributed by atoms with Gasteiger partial charge in [-0.2, -0.15) is 0 Å². The van der Waals surface area contributed by atoms with Crippen molar-refractivity contribution in [2.75, 3.05) is 7.11 Å². The number of methoxy groups -OCH3 is 1. The second-order valence-corrected chi connectivity index (χ2v) is 3.30. The molecule has 1 aromatic carbocycles. The molecule has 0 fully saturated rings. The summed E-state index contributed by atoms with van der Waals surface area (Å²) in [4.78, 5) is 4.29. The van der Waals surface area contributed by atoms with Gasteiger partial charge in [-0.05, 0) is 18.2 Å². The molecule has 0 spiro atoms. The summed E-state index contributed by atoms with van der Waals surface area (Å²) in [6.07, 6.45) is 3.34. The van der Waals surface area contributed by atoms with E-state index in [-0.39, 0.29) is 0 Å². The molecule has 0 N–H and O–H groups in total. The molecule has 1 heterocycles. The van der Waals surface area contributed by atoms with Gasteiger partial charge in [0.15, 0.2) is 0 Å². The Balaban J connectivity index is 2.04. The van der Waals surface area contributed by atoms with E-state index in [1.807, 2.05) is 36.4 Å². The zero-order chi connectivity index (χ0) is 11.2. The van der Waals surface area contributed by atoms with Crippen LogP contribution in [0.2, 0.25) is 0 Å². The van der Waals surface area contributed by atoms with Gasteiger partial charge in [0.2, 0.25) is 0 Å². The number of furan rings is 1. The SMILES string of the molecule is COc1ccccc1CN=Cc1ccco1. The number of hydrogen-bond donors (Lipinski definition) is 0. The molecule has 0 saturated heterocycles. The normalized spacial score (nSPS) is 10.8. The molecule has 0 unspecified atom stereocenters. The molecular weight excluding hydrogens is 202 g/mol. The Kier molecular flexibility index (Phi) is 3.38. The van der Waals surface area contributed by atoms with Crippen LogP contribution in [0.5, 0.6) is 5.75 Å². The summed E-state index contributed by atoms with van der Waals surface area (Å²) in [5.41, 5.74) is 1.06. The lowest BCUT2D eigenvalue weighted by Gasteiger charge is -2.04. The number of rotatable bonds is 4. The molecule has 0 aliphatic heterocycles. The van der Waals surface area contributed by atoms with Crippen molar-refractivity contribution in [1.29, 1.82) is 0 Å². The first-order chi connectivity index (χ1) is 7.90. The van der Waals surface area contributed by atoms with Gasteiger partial charge in [0.05, 0.1) is 26.1 Å². The van der Waals surface area contributed by atoms with Crippen molar-refractivity contribution in [3.63, 3.8) is 0 Å². The van der Waals surface area contributed by atoms with E-state index in [1.54, 1.807) is 19.6 Å². The van der Waals surface area contributed by atoms with Gasteiger partial charge in [0.1, 0.15) is 11.5 Å². The number of aliphatic imine (C=N–C) groups is 1. The minimum atomic E-state index is 0.588. The van der Waals surface area contributed by atoms with E-state index >= 15 is 0 Å². The maximum Gasteiger partial charge on any atom is 0.144 e. The van der Waals surface area contributed by atoms with Gasteiger partial charge in [-0.1, -0.05) is 18.2 Å². The minimum Gasteiger partial charge on any atom is -0.496 e. The zero-order valence-corrected chi connectivity index (χ0v) is 9.09. The average Bonchev–Trinajstić information content (AvgIpc) is 2.83. The number of para-hydroxylation sites is 1. The Morgan fingerprint density at radius 1 is 1.25 bits per heavy atom. The highest BCUT2D eigenvalue weighted by Gasteiger charge is 1.99. The molecule has 2 rings (SSSR count). The molecule has 2 aromatic rings. The van der Waals surface area contributed by atoms with Crippen molar-refractivity contribution < 1.29 is 9.15 Å². The number of benzene rings is 1. The van der Waals surface area contributed by atoms with Gasteiger partial charge in [-0.3, -0.25) is 4.99 Å². The van der Waals surface area contributed by atoms with Crippen LogP contribution in [-0.2, 0) is 6.54 Å².